The Hall–Kier alpha value is -3.38. The Bertz CT molecular complexity index is 1320. The van der Waals surface area contributed by atoms with Gasteiger partial charge in [0.25, 0.3) is 11.1 Å². The molecule has 13 heteroatoms. The maximum atomic E-state index is 13.1. The van der Waals surface area contributed by atoms with Crippen molar-refractivity contribution in [3.63, 3.8) is 0 Å². The van der Waals surface area contributed by atoms with Crippen molar-refractivity contribution in [3.05, 3.63) is 49.9 Å². The first-order chi connectivity index (χ1) is 17.5. The van der Waals surface area contributed by atoms with Crippen LogP contribution in [0.4, 0.5) is 23.7 Å². The van der Waals surface area contributed by atoms with Crippen molar-refractivity contribution in [2.24, 2.45) is 0 Å². The molecule has 194 valence electrons. The molecule has 0 atom stereocenters. The van der Waals surface area contributed by atoms with E-state index in [1.165, 1.54) is 20.3 Å². The molecule has 2 aromatic rings. The summed E-state index contributed by atoms with van der Waals surface area (Å²) >= 11 is 2.63. The highest BCUT2D eigenvalue weighted by atomic mass is 127. The third-order valence-corrected chi connectivity index (χ3v) is 6.53. The highest BCUT2D eigenvalue weighted by molar-refractivity contribution is 14.1. The number of anilines is 1. The number of halogens is 4. The minimum atomic E-state index is -4.64. The lowest BCUT2D eigenvalue weighted by Gasteiger charge is -2.16. The second kappa shape index (κ2) is 11.8. The number of terminal acetylenes is 1. The summed E-state index contributed by atoms with van der Waals surface area (Å²) in [4.78, 5) is 38.6. The van der Waals surface area contributed by atoms with Gasteiger partial charge in [-0.15, -0.1) is 6.42 Å². The molecule has 2 aromatic carbocycles. The Morgan fingerprint density at radius 3 is 2.51 bits per heavy atom. The third-order valence-electron chi connectivity index (χ3n) is 4.83. The molecule has 1 heterocycles. The molecule has 0 aliphatic carbocycles. The van der Waals surface area contributed by atoms with Crippen LogP contribution in [-0.4, -0.2) is 49.3 Å². The van der Waals surface area contributed by atoms with E-state index in [1.54, 1.807) is 12.1 Å². The zero-order valence-electron chi connectivity index (χ0n) is 19.3. The van der Waals surface area contributed by atoms with Gasteiger partial charge in [-0.3, -0.25) is 19.3 Å². The molecule has 3 amide bonds. The molecule has 1 aliphatic rings. The number of rotatable bonds is 8. The van der Waals surface area contributed by atoms with Gasteiger partial charge in [-0.25, -0.2) is 0 Å². The van der Waals surface area contributed by atoms with Crippen molar-refractivity contribution in [2.45, 2.75) is 6.18 Å². The van der Waals surface area contributed by atoms with Crippen molar-refractivity contribution in [2.75, 3.05) is 32.7 Å². The van der Waals surface area contributed by atoms with Gasteiger partial charge < -0.3 is 19.5 Å². The number of nitrogens with one attached hydrogen (secondary N) is 1. The number of benzene rings is 2. The fourth-order valence-corrected chi connectivity index (χ4v) is 4.80. The van der Waals surface area contributed by atoms with E-state index in [4.69, 9.17) is 20.6 Å². The van der Waals surface area contributed by atoms with E-state index in [0.29, 0.717) is 43.4 Å². The van der Waals surface area contributed by atoms with Crippen LogP contribution >= 0.6 is 34.4 Å². The first-order valence-corrected chi connectivity index (χ1v) is 12.1. The maximum absolute atomic E-state index is 13.1. The number of carbonyl (C=O) groups excluding carboxylic acids is 3. The van der Waals surface area contributed by atoms with Crippen LogP contribution in [0.15, 0.2) is 35.2 Å². The predicted octanol–water partition coefficient (Wildman–Crippen LogP) is 5.01. The first kappa shape index (κ1) is 28.2. The molecule has 0 spiro atoms. The van der Waals surface area contributed by atoms with Crippen molar-refractivity contribution in [1.82, 2.24) is 4.90 Å². The van der Waals surface area contributed by atoms with Crippen LogP contribution < -0.4 is 19.5 Å². The summed E-state index contributed by atoms with van der Waals surface area (Å²) in [6.07, 6.45) is 2.04. The van der Waals surface area contributed by atoms with Crippen LogP contribution in [0.3, 0.4) is 0 Å². The van der Waals surface area contributed by atoms with Gasteiger partial charge in [0.1, 0.15) is 18.9 Å². The van der Waals surface area contributed by atoms with Crippen LogP contribution in [0.5, 0.6) is 17.2 Å². The number of imide groups is 1. The van der Waals surface area contributed by atoms with Gasteiger partial charge in [0, 0.05) is 0 Å². The molecule has 8 nitrogen and oxygen atoms in total. The number of methoxy groups -OCH3 is 2. The molecule has 0 unspecified atom stereocenters. The average molecular weight is 646 g/mol. The number of hydrogen-bond donors (Lipinski definition) is 1. The van der Waals surface area contributed by atoms with E-state index in [1.807, 2.05) is 22.6 Å². The Balaban J connectivity index is 1.78. The molecule has 1 aliphatic heterocycles. The van der Waals surface area contributed by atoms with Crippen LogP contribution in [0.25, 0.3) is 6.08 Å². The van der Waals surface area contributed by atoms with Crippen molar-refractivity contribution in [1.29, 1.82) is 0 Å². The topological polar surface area (TPSA) is 94.2 Å². The quantitative estimate of drug-likeness (QED) is 0.245. The van der Waals surface area contributed by atoms with Crippen molar-refractivity contribution < 1.29 is 41.8 Å². The van der Waals surface area contributed by atoms with Crippen LogP contribution in [-0.2, 0) is 15.8 Å². The van der Waals surface area contributed by atoms with Gasteiger partial charge in [-0.2, -0.15) is 13.2 Å². The summed E-state index contributed by atoms with van der Waals surface area (Å²) in [6.45, 7) is -0.680. The lowest BCUT2D eigenvalue weighted by atomic mass is 10.1. The molecular formula is C24H18F3IN2O6S. The first-order valence-electron chi connectivity index (χ1n) is 10.2. The lowest BCUT2D eigenvalue weighted by Crippen LogP contribution is -2.36. The summed E-state index contributed by atoms with van der Waals surface area (Å²) in [5.41, 5.74) is -0.727. The Morgan fingerprint density at radius 1 is 1.19 bits per heavy atom. The van der Waals surface area contributed by atoms with Gasteiger partial charge in [-0.1, -0.05) is 5.92 Å². The average Bonchev–Trinajstić information content (AvgIpc) is 3.09. The fraction of sp³-hybridized carbons (Fsp3) is 0.208. The van der Waals surface area contributed by atoms with Gasteiger partial charge >= 0.3 is 6.18 Å². The number of alkyl halides is 3. The van der Waals surface area contributed by atoms with Gasteiger partial charge in [0.15, 0.2) is 11.5 Å². The number of ether oxygens (including phenoxy) is 3. The SMILES string of the molecule is C#CCOc1c(I)cc(/C=C2\SC(=O)N(CC(=O)Nc3cc(C(F)(F)F)ccc3OC)C2=O)cc1OC. The molecule has 0 bridgehead atoms. The van der Waals surface area contributed by atoms with Crippen molar-refractivity contribution >= 4 is 63.2 Å². The number of amides is 3. The van der Waals surface area contributed by atoms with Gasteiger partial charge in [-0.05, 0) is 76.3 Å². The largest absolute Gasteiger partial charge is 0.495 e. The minimum absolute atomic E-state index is 0.0198. The molecule has 1 N–H and O–H groups in total. The monoisotopic (exact) mass is 646 g/mol. The summed E-state index contributed by atoms with van der Waals surface area (Å²) in [7, 11) is 2.66. The minimum Gasteiger partial charge on any atom is -0.495 e. The summed E-state index contributed by atoms with van der Waals surface area (Å²) in [5.74, 6) is 1.51. The molecule has 3 rings (SSSR count). The van der Waals surface area contributed by atoms with Crippen LogP contribution in [0, 0.1) is 15.9 Å². The number of carbonyl (C=O) groups is 3. The number of nitrogens with zero attached hydrogens (tertiary/aromatic N) is 1. The smallest absolute Gasteiger partial charge is 0.416 e. The molecule has 37 heavy (non-hydrogen) atoms. The Morgan fingerprint density at radius 2 is 1.89 bits per heavy atom. The second-order valence-electron chi connectivity index (χ2n) is 7.26. The summed E-state index contributed by atoms with van der Waals surface area (Å²) < 4.78 is 55.6. The predicted molar refractivity (Wildman–Crippen MR) is 139 cm³/mol. The second-order valence-corrected chi connectivity index (χ2v) is 9.41. The van der Waals surface area contributed by atoms with E-state index < -0.39 is 35.3 Å². The Labute approximate surface area is 227 Å². The highest BCUT2D eigenvalue weighted by Gasteiger charge is 2.37. The van der Waals surface area contributed by atoms with E-state index in [-0.39, 0.29) is 22.9 Å². The molecular weight excluding hydrogens is 628 g/mol. The van der Waals surface area contributed by atoms with E-state index in [9.17, 15) is 27.6 Å². The molecule has 0 aromatic heterocycles. The third kappa shape index (κ3) is 6.69. The zero-order valence-corrected chi connectivity index (χ0v) is 22.2. The molecule has 0 saturated carbocycles. The maximum Gasteiger partial charge on any atom is 0.416 e. The lowest BCUT2D eigenvalue weighted by molar-refractivity contribution is -0.137. The number of thioether (sulfide) groups is 1. The normalized spacial score (nSPS) is 14.5. The van der Waals surface area contributed by atoms with Gasteiger partial charge in [0.05, 0.1) is 33.9 Å². The van der Waals surface area contributed by atoms with Crippen LogP contribution in [0.1, 0.15) is 11.1 Å². The molecule has 0 radical (unpaired) electrons. The zero-order chi connectivity index (χ0) is 27.3. The fourth-order valence-electron chi connectivity index (χ4n) is 3.18. The van der Waals surface area contributed by atoms with Gasteiger partial charge in [0.2, 0.25) is 5.91 Å². The van der Waals surface area contributed by atoms with E-state index >= 15 is 0 Å². The van der Waals surface area contributed by atoms with Crippen molar-refractivity contribution in [3.8, 4) is 29.6 Å². The van der Waals surface area contributed by atoms with Crippen LogP contribution in [0.2, 0.25) is 0 Å². The summed E-state index contributed by atoms with van der Waals surface area (Å²) in [6, 6.07) is 5.85. The molecule has 1 saturated heterocycles. The van der Waals surface area contributed by atoms with E-state index in [2.05, 4.69) is 11.2 Å². The molecule has 1 fully saturated rings. The highest BCUT2D eigenvalue weighted by Crippen LogP contribution is 2.38. The Kier molecular flexibility index (Phi) is 8.98. The summed E-state index contributed by atoms with van der Waals surface area (Å²) in [5, 5.41) is 1.56. The standard InChI is InChI=1S/C24H18F3IN2O6S/c1-4-7-36-21-15(28)8-13(9-18(21)35-3)10-19-22(32)30(23(33)37-19)12-20(31)29-16-11-14(24(25,26)27)5-6-17(16)34-2/h1,5-6,8-11H,7,12H2,2-3H3,(H,29,31)/b19-10-. The van der Waals surface area contributed by atoms with E-state index in [0.717, 1.165) is 12.1 Å². The number of hydrogen-bond acceptors (Lipinski definition) is 7.